The molecule has 0 radical (unpaired) electrons. The van der Waals surface area contributed by atoms with E-state index in [-0.39, 0.29) is 0 Å². The molecule has 7 heteroatoms. The molecule has 6 nitrogen and oxygen atoms in total. The highest BCUT2D eigenvalue weighted by Gasteiger charge is 2.12. The molecule has 0 amide bonds. The number of aromatic nitrogens is 1. The van der Waals surface area contributed by atoms with Gasteiger partial charge < -0.3 is 15.0 Å². The Labute approximate surface area is 130 Å². The van der Waals surface area contributed by atoms with Crippen LogP contribution in [0.3, 0.4) is 0 Å². The lowest BCUT2D eigenvalue weighted by atomic mass is 10.3. The Kier molecular flexibility index (Phi) is 7.06. The van der Waals surface area contributed by atoms with Gasteiger partial charge in [-0.05, 0) is 18.3 Å². The predicted octanol–water partition coefficient (Wildman–Crippen LogP) is -0.815. The number of morpholine rings is 1. The second-order valence-corrected chi connectivity index (χ2v) is 5.29. The summed E-state index contributed by atoms with van der Waals surface area (Å²) in [7, 11) is 0. The van der Waals surface area contributed by atoms with Gasteiger partial charge in [0, 0.05) is 30.9 Å². The minimum atomic E-state index is 0.548. The second kappa shape index (κ2) is 9.38. The van der Waals surface area contributed by atoms with Gasteiger partial charge in [-0.3, -0.25) is 10.4 Å². The minimum absolute atomic E-state index is 0.548. The highest BCUT2D eigenvalue weighted by Crippen LogP contribution is 1.89. The van der Waals surface area contributed by atoms with Gasteiger partial charge in [-0.15, -0.1) is 0 Å². The molecule has 3 N–H and O–H groups in total. The number of quaternary nitrogens is 1. The Morgan fingerprint density at radius 2 is 2.33 bits per heavy atom. The van der Waals surface area contributed by atoms with Crippen molar-refractivity contribution < 1.29 is 9.64 Å². The Hall–Kier alpha value is -1.57. The lowest BCUT2D eigenvalue weighted by Gasteiger charge is -2.23. The summed E-state index contributed by atoms with van der Waals surface area (Å²) >= 11 is 5.16. The van der Waals surface area contributed by atoms with Crippen LogP contribution in [0.1, 0.15) is 12.0 Å². The Morgan fingerprint density at radius 3 is 3.10 bits per heavy atom. The van der Waals surface area contributed by atoms with E-state index in [1.54, 1.807) is 23.5 Å². The zero-order valence-corrected chi connectivity index (χ0v) is 12.9. The fourth-order valence-corrected chi connectivity index (χ4v) is 2.26. The first-order chi connectivity index (χ1) is 10.3. The molecule has 2 rings (SSSR count). The largest absolute Gasteiger partial charge is 0.370 e. The summed E-state index contributed by atoms with van der Waals surface area (Å²) in [5.74, 6) is 0. The van der Waals surface area contributed by atoms with Crippen LogP contribution < -0.4 is 15.6 Å². The molecule has 21 heavy (non-hydrogen) atoms. The van der Waals surface area contributed by atoms with Gasteiger partial charge in [-0.2, -0.15) is 5.10 Å². The van der Waals surface area contributed by atoms with Crippen LogP contribution in [0.25, 0.3) is 0 Å². The molecule has 0 atom stereocenters. The van der Waals surface area contributed by atoms with Gasteiger partial charge in [0.15, 0.2) is 5.11 Å². The molecule has 1 saturated heterocycles. The third kappa shape index (κ3) is 6.61. The minimum Gasteiger partial charge on any atom is -0.370 e. The predicted molar refractivity (Wildman–Crippen MR) is 86.6 cm³/mol. The van der Waals surface area contributed by atoms with E-state index in [2.05, 4.69) is 20.8 Å². The van der Waals surface area contributed by atoms with Crippen molar-refractivity contribution >= 4 is 23.5 Å². The molecular weight excluding hydrogens is 286 g/mol. The number of hydrogen-bond donors (Lipinski definition) is 3. The number of hydrogen-bond acceptors (Lipinski definition) is 4. The maximum atomic E-state index is 5.34. The first-order valence-corrected chi connectivity index (χ1v) is 7.63. The van der Waals surface area contributed by atoms with E-state index in [1.165, 1.54) is 0 Å². The van der Waals surface area contributed by atoms with Crippen LogP contribution in [-0.2, 0) is 4.74 Å². The smallest absolute Gasteiger partial charge is 0.186 e. The van der Waals surface area contributed by atoms with Crippen molar-refractivity contribution in [1.82, 2.24) is 15.7 Å². The van der Waals surface area contributed by atoms with Gasteiger partial charge in [0.05, 0.1) is 26.0 Å². The highest BCUT2D eigenvalue weighted by molar-refractivity contribution is 7.80. The van der Waals surface area contributed by atoms with Crippen molar-refractivity contribution in [2.75, 3.05) is 39.4 Å². The molecule has 0 bridgehead atoms. The normalized spacial score (nSPS) is 16.0. The molecule has 1 aliphatic heterocycles. The average molecular weight is 308 g/mol. The van der Waals surface area contributed by atoms with Gasteiger partial charge in [0.25, 0.3) is 0 Å². The monoisotopic (exact) mass is 308 g/mol. The molecule has 0 aliphatic carbocycles. The maximum Gasteiger partial charge on any atom is 0.186 e. The topological polar surface area (TPSA) is 63.0 Å². The molecule has 1 aromatic heterocycles. The fraction of sp³-hybridized carbons (Fsp3) is 0.500. The molecular formula is C14H22N5OS+. The van der Waals surface area contributed by atoms with E-state index < -0.39 is 0 Å². The first-order valence-electron chi connectivity index (χ1n) is 7.23. The Bertz CT molecular complexity index is 448. The zero-order valence-electron chi connectivity index (χ0n) is 12.0. The number of thiocarbonyl (C=S) groups is 1. The molecule has 2 heterocycles. The van der Waals surface area contributed by atoms with Crippen LogP contribution in [0.5, 0.6) is 0 Å². The van der Waals surface area contributed by atoms with Crippen molar-refractivity contribution in [1.29, 1.82) is 0 Å². The van der Waals surface area contributed by atoms with Crippen LogP contribution in [0.2, 0.25) is 0 Å². The average Bonchev–Trinajstić information content (AvgIpc) is 2.54. The first kappa shape index (κ1) is 15.8. The van der Waals surface area contributed by atoms with E-state index in [0.29, 0.717) is 5.11 Å². The van der Waals surface area contributed by atoms with E-state index in [9.17, 15) is 0 Å². The molecule has 114 valence electrons. The van der Waals surface area contributed by atoms with Crippen LogP contribution in [-0.4, -0.2) is 55.7 Å². The van der Waals surface area contributed by atoms with Gasteiger partial charge in [0.2, 0.25) is 0 Å². The molecule has 1 aromatic rings. The molecule has 0 spiro atoms. The fourth-order valence-electron chi connectivity index (χ4n) is 2.11. The number of rotatable bonds is 6. The summed E-state index contributed by atoms with van der Waals surface area (Å²) in [4.78, 5) is 5.62. The second-order valence-electron chi connectivity index (χ2n) is 4.88. The van der Waals surface area contributed by atoms with Crippen LogP contribution in [0, 0.1) is 0 Å². The standard InChI is InChI=1S/C14H21N5OS/c21-14(18-17-12-13-3-1-4-15-11-13)16-5-2-6-19-7-9-20-10-8-19/h1,3-4,11-12H,2,5-10H2,(H2,16,18,21)/p+1/b17-12-. The molecule has 0 saturated carbocycles. The summed E-state index contributed by atoms with van der Waals surface area (Å²) in [6.45, 7) is 5.99. The zero-order chi connectivity index (χ0) is 14.8. The molecule has 1 fully saturated rings. The third-order valence-corrected chi connectivity index (χ3v) is 3.49. The number of ether oxygens (including phenoxy) is 1. The highest BCUT2D eigenvalue weighted by atomic mass is 32.1. The third-order valence-electron chi connectivity index (χ3n) is 3.26. The van der Waals surface area contributed by atoms with Crippen LogP contribution >= 0.6 is 12.2 Å². The van der Waals surface area contributed by atoms with Crippen molar-refractivity contribution in [2.45, 2.75) is 6.42 Å². The summed E-state index contributed by atoms with van der Waals surface area (Å²) in [5.41, 5.74) is 3.74. The SMILES string of the molecule is S=C(NCCC[NH+]1CCOCC1)N/N=C\c1cccnc1. The number of pyridine rings is 1. The van der Waals surface area contributed by atoms with Gasteiger partial charge >= 0.3 is 0 Å². The van der Waals surface area contributed by atoms with Crippen molar-refractivity contribution in [3.63, 3.8) is 0 Å². The van der Waals surface area contributed by atoms with Crippen LogP contribution in [0.15, 0.2) is 29.6 Å². The summed E-state index contributed by atoms with van der Waals surface area (Å²) in [6.07, 6.45) is 6.25. The maximum absolute atomic E-state index is 5.34. The molecule has 0 aromatic carbocycles. The lowest BCUT2D eigenvalue weighted by Crippen LogP contribution is -3.14. The van der Waals surface area contributed by atoms with E-state index in [4.69, 9.17) is 17.0 Å². The van der Waals surface area contributed by atoms with Gasteiger partial charge in [-0.25, -0.2) is 0 Å². The Morgan fingerprint density at radius 1 is 1.48 bits per heavy atom. The quantitative estimate of drug-likeness (QED) is 0.278. The van der Waals surface area contributed by atoms with Crippen molar-refractivity contribution in [3.05, 3.63) is 30.1 Å². The van der Waals surface area contributed by atoms with E-state index >= 15 is 0 Å². The van der Waals surface area contributed by atoms with Crippen molar-refractivity contribution in [2.24, 2.45) is 5.10 Å². The summed E-state index contributed by atoms with van der Waals surface area (Å²) in [6, 6.07) is 3.80. The van der Waals surface area contributed by atoms with Crippen LogP contribution in [0.4, 0.5) is 0 Å². The summed E-state index contributed by atoms with van der Waals surface area (Å²) in [5, 5.41) is 7.77. The number of nitrogens with zero attached hydrogens (tertiary/aromatic N) is 2. The van der Waals surface area contributed by atoms with E-state index in [1.807, 2.05) is 12.1 Å². The summed E-state index contributed by atoms with van der Waals surface area (Å²) < 4.78 is 5.34. The van der Waals surface area contributed by atoms with E-state index in [0.717, 1.165) is 51.4 Å². The Balaban J connectivity index is 1.54. The lowest BCUT2D eigenvalue weighted by molar-refractivity contribution is -0.908. The number of nitrogens with one attached hydrogen (secondary N) is 3. The number of hydrazone groups is 1. The van der Waals surface area contributed by atoms with Gasteiger partial charge in [0.1, 0.15) is 13.1 Å². The van der Waals surface area contributed by atoms with Gasteiger partial charge in [-0.1, -0.05) is 6.07 Å². The molecule has 0 unspecified atom stereocenters. The van der Waals surface area contributed by atoms with Crippen molar-refractivity contribution in [3.8, 4) is 0 Å². The molecule has 1 aliphatic rings.